The summed E-state index contributed by atoms with van der Waals surface area (Å²) >= 11 is 1.95. The first kappa shape index (κ1) is 8.47. The zero-order valence-corrected chi connectivity index (χ0v) is 8.02. The summed E-state index contributed by atoms with van der Waals surface area (Å²) in [5.41, 5.74) is 0.974. The lowest BCUT2D eigenvalue weighted by Gasteiger charge is -1.98. The zero-order chi connectivity index (χ0) is 8.43. The minimum atomic E-state index is -0.433. The number of nitriles is 1. The van der Waals surface area contributed by atoms with E-state index in [2.05, 4.69) is 0 Å². The van der Waals surface area contributed by atoms with Crippen molar-refractivity contribution in [3.8, 4) is 6.07 Å². The van der Waals surface area contributed by atoms with Gasteiger partial charge in [0.05, 0.1) is 0 Å². The molecule has 0 aliphatic heterocycles. The Labute approximate surface area is 78.0 Å². The van der Waals surface area contributed by atoms with Crippen LogP contribution >= 0.6 is 22.6 Å². The van der Waals surface area contributed by atoms with Crippen molar-refractivity contribution in [1.29, 1.82) is 5.26 Å². The van der Waals surface area contributed by atoms with Crippen LogP contribution in [-0.4, -0.2) is 0 Å². The molecule has 56 valence electrons. The van der Waals surface area contributed by atoms with E-state index in [1.54, 1.807) is 13.0 Å². The van der Waals surface area contributed by atoms with Gasteiger partial charge in [-0.15, -0.1) is 0 Å². The monoisotopic (exact) mass is 261 g/mol. The van der Waals surface area contributed by atoms with E-state index < -0.39 is 5.82 Å². The Balaban J connectivity index is 3.40. The third-order valence-corrected chi connectivity index (χ3v) is 2.15. The van der Waals surface area contributed by atoms with Gasteiger partial charge in [0, 0.05) is 3.57 Å². The molecule has 1 nitrogen and oxygen atoms in total. The number of aryl methyl sites for hydroxylation is 1. The van der Waals surface area contributed by atoms with Crippen LogP contribution in [0.3, 0.4) is 0 Å². The molecule has 0 aromatic heterocycles. The molecule has 0 amide bonds. The molecule has 3 heteroatoms. The van der Waals surface area contributed by atoms with Gasteiger partial charge in [-0.05, 0) is 47.2 Å². The highest BCUT2D eigenvalue weighted by Crippen LogP contribution is 2.16. The van der Waals surface area contributed by atoms with Crippen molar-refractivity contribution in [3.05, 3.63) is 32.6 Å². The van der Waals surface area contributed by atoms with Gasteiger partial charge in [0.2, 0.25) is 0 Å². The van der Waals surface area contributed by atoms with Gasteiger partial charge in [0.25, 0.3) is 0 Å². The molecule has 0 fully saturated rings. The summed E-state index contributed by atoms with van der Waals surface area (Å²) in [6.07, 6.45) is 0. The summed E-state index contributed by atoms with van der Waals surface area (Å²) < 4.78 is 13.6. The minimum absolute atomic E-state index is 0.135. The van der Waals surface area contributed by atoms with E-state index in [0.717, 1.165) is 5.56 Å². The maximum atomic E-state index is 12.9. The second-order valence-electron chi connectivity index (χ2n) is 2.22. The lowest BCUT2D eigenvalue weighted by Crippen LogP contribution is -1.89. The normalized spacial score (nSPS) is 9.27. The maximum Gasteiger partial charge on any atom is 0.142 e. The third kappa shape index (κ3) is 1.69. The summed E-state index contributed by atoms with van der Waals surface area (Å²) in [6, 6.07) is 4.95. The van der Waals surface area contributed by atoms with E-state index in [1.165, 1.54) is 6.07 Å². The highest BCUT2D eigenvalue weighted by molar-refractivity contribution is 14.1. The maximum absolute atomic E-state index is 12.9. The number of benzene rings is 1. The summed E-state index contributed by atoms with van der Waals surface area (Å²) in [6.45, 7) is 1.80. The van der Waals surface area contributed by atoms with Gasteiger partial charge in [0.15, 0.2) is 0 Å². The van der Waals surface area contributed by atoms with Crippen molar-refractivity contribution < 1.29 is 4.39 Å². The first-order valence-electron chi connectivity index (χ1n) is 3.01. The number of rotatable bonds is 0. The lowest BCUT2D eigenvalue weighted by atomic mass is 10.1. The van der Waals surface area contributed by atoms with Crippen molar-refractivity contribution in [2.75, 3.05) is 0 Å². The molecule has 1 aromatic carbocycles. The predicted octanol–water partition coefficient (Wildman–Crippen LogP) is 2.61. The number of hydrogen-bond acceptors (Lipinski definition) is 1. The van der Waals surface area contributed by atoms with Gasteiger partial charge in [-0.1, -0.05) is 0 Å². The molecule has 0 aliphatic rings. The topological polar surface area (TPSA) is 23.8 Å². The molecule has 1 aromatic rings. The van der Waals surface area contributed by atoms with Crippen LogP contribution in [0.2, 0.25) is 0 Å². The minimum Gasteiger partial charge on any atom is -0.205 e. The van der Waals surface area contributed by atoms with E-state index >= 15 is 0 Å². The van der Waals surface area contributed by atoms with Gasteiger partial charge in [-0.2, -0.15) is 5.26 Å². The van der Waals surface area contributed by atoms with Crippen molar-refractivity contribution in [2.24, 2.45) is 0 Å². The van der Waals surface area contributed by atoms with Gasteiger partial charge >= 0.3 is 0 Å². The highest BCUT2D eigenvalue weighted by Gasteiger charge is 2.05. The third-order valence-electron chi connectivity index (χ3n) is 1.30. The SMILES string of the molecule is Cc1cc(F)c(C#N)c(I)c1. The van der Waals surface area contributed by atoms with Crippen molar-refractivity contribution in [1.82, 2.24) is 0 Å². The first-order chi connectivity index (χ1) is 5.15. The van der Waals surface area contributed by atoms with Crippen LogP contribution in [0.1, 0.15) is 11.1 Å². The molecular formula is C8H5FIN. The van der Waals surface area contributed by atoms with Crippen LogP contribution in [0.25, 0.3) is 0 Å². The van der Waals surface area contributed by atoms with Crippen molar-refractivity contribution >= 4 is 22.6 Å². The molecule has 0 saturated carbocycles. The van der Waals surface area contributed by atoms with E-state index in [1.807, 2.05) is 28.7 Å². The molecule has 0 saturated heterocycles. The van der Waals surface area contributed by atoms with Crippen LogP contribution in [0, 0.1) is 27.6 Å². The Kier molecular flexibility index (Phi) is 2.45. The number of halogens is 2. The van der Waals surface area contributed by atoms with E-state index in [4.69, 9.17) is 5.26 Å². The molecule has 1 rings (SSSR count). The molecule has 0 atom stereocenters. The Hall–Kier alpha value is -0.630. The van der Waals surface area contributed by atoms with E-state index in [0.29, 0.717) is 3.57 Å². The molecule has 11 heavy (non-hydrogen) atoms. The Morgan fingerprint density at radius 1 is 1.55 bits per heavy atom. The van der Waals surface area contributed by atoms with Gasteiger partial charge < -0.3 is 0 Å². The second-order valence-corrected chi connectivity index (χ2v) is 3.38. The van der Waals surface area contributed by atoms with Gasteiger partial charge in [-0.3, -0.25) is 0 Å². The Morgan fingerprint density at radius 3 is 2.64 bits per heavy atom. The molecule has 0 unspecified atom stereocenters. The summed E-state index contributed by atoms with van der Waals surface area (Å²) in [5.74, 6) is -0.433. The fraction of sp³-hybridized carbons (Fsp3) is 0.125. The van der Waals surface area contributed by atoms with Crippen LogP contribution in [0.15, 0.2) is 12.1 Å². The van der Waals surface area contributed by atoms with Crippen LogP contribution in [-0.2, 0) is 0 Å². The molecule has 0 aliphatic carbocycles. The fourth-order valence-corrected chi connectivity index (χ4v) is 1.68. The molecule has 0 radical (unpaired) electrons. The molecule has 0 bridgehead atoms. The highest BCUT2D eigenvalue weighted by atomic mass is 127. The number of hydrogen-bond donors (Lipinski definition) is 0. The Morgan fingerprint density at radius 2 is 2.18 bits per heavy atom. The quantitative estimate of drug-likeness (QED) is 0.658. The first-order valence-corrected chi connectivity index (χ1v) is 4.09. The average Bonchev–Trinajstić information content (AvgIpc) is 1.85. The van der Waals surface area contributed by atoms with Crippen molar-refractivity contribution in [3.63, 3.8) is 0 Å². The zero-order valence-electron chi connectivity index (χ0n) is 5.86. The summed E-state index contributed by atoms with van der Waals surface area (Å²) in [7, 11) is 0. The van der Waals surface area contributed by atoms with Gasteiger partial charge in [-0.25, -0.2) is 4.39 Å². The summed E-state index contributed by atoms with van der Waals surface area (Å²) in [4.78, 5) is 0. The van der Waals surface area contributed by atoms with Crippen LogP contribution < -0.4 is 0 Å². The van der Waals surface area contributed by atoms with Crippen LogP contribution in [0.5, 0.6) is 0 Å². The standard InChI is InChI=1S/C8H5FIN/c1-5-2-7(9)6(4-11)8(10)3-5/h2-3H,1H3. The molecular weight excluding hydrogens is 256 g/mol. The van der Waals surface area contributed by atoms with E-state index in [-0.39, 0.29) is 5.56 Å². The Bertz CT molecular complexity index is 304. The smallest absolute Gasteiger partial charge is 0.142 e. The van der Waals surface area contributed by atoms with Crippen LogP contribution in [0.4, 0.5) is 4.39 Å². The van der Waals surface area contributed by atoms with Crippen molar-refractivity contribution in [2.45, 2.75) is 6.92 Å². The fourth-order valence-electron chi connectivity index (χ4n) is 0.807. The molecule has 0 heterocycles. The number of nitrogens with zero attached hydrogens (tertiary/aromatic N) is 1. The predicted molar refractivity (Wildman–Crippen MR) is 48.6 cm³/mol. The lowest BCUT2D eigenvalue weighted by molar-refractivity contribution is 0.621. The average molecular weight is 261 g/mol. The molecule has 0 spiro atoms. The molecule has 0 N–H and O–H groups in total. The van der Waals surface area contributed by atoms with Gasteiger partial charge in [0.1, 0.15) is 17.4 Å². The summed E-state index contributed by atoms with van der Waals surface area (Å²) in [5, 5.41) is 8.50. The second kappa shape index (κ2) is 3.18. The largest absolute Gasteiger partial charge is 0.205 e. The van der Waals surface area contributed by atoms with E-state index in [9.17, 15) is 4.39 Å².